The van der Waals surface area contributed by atoms with Crippen molar-refractivity contribution in [3.8, 4) is 5.75 Å². The number of rotatable bonds is 10. The molecule has 0 bridgehead atoms. The summed E-state index contributed by atoms with van der Waals surface area (Å²) in [5, 5.41) is 0. The fourth-order valence-corrected chi connectivity index (χ4v) is 7.70. The summed E-state index contributed by atoms with van der Waals surface area (Å²) in [6, 6.07) is 15.6. The predicted octanol–water partition coefficient (Wildman–Crippen LogP) is 8.51. The maximum atomic E-state index is 12.5. The summed E-state index contributed by atoms with van der Waals surface area (Å²) in [7, 11) is 0. The summed E-state index contributed by atoms with van der Waals surface area (Å²) in [6.07, 6.45) is 15.8. The van der Waals surface area contributed by atoms with Gasteiger partial charge in [-0.2, -0.15) is 0 Å². The first kappa shape index (κ1) is 25.5. The molecule has 3 nitrogen and oxygen atoms in total. The molecule has 0 spiro atoms. The topological polar surface area (TPSA) is 35.5 Å². The molecule has 0 N–H and O–H groups in total. The summed E-state index contributed by atoms with van der Waals surface area (Å²) < 4.78 is 12.3. The Bertz CT molecular complexity index is 1010. The first-order valence-electron chi connectivity index (χ1n) is 14.6. The molecule has 2 fully saturated rings. The van der Waals surface area contributed by atoms with Crippen molar-refractivity contribution in [2.24, 2.45) is 17.3 Å². The third kappa shape index (κ3) is 5.28. The molecule has 36 heavy (non-hydrogen) atoms. The fraction of sp³-hybridized carbons (Fsp3) is 0.606. The Labute approximate surface area is 218 Å². The molecule has 0 unspecified atom stereocenters. The van der Waals surface area contributed by atoms with E-state index in [0.29, 0.717) is 28.7 Å². The molecule has 3 aliphatic carbocycles. The Morgan fingerprint density at radius 1 is 0.944 bits per heavy atom. The number of benzene rings is 2. The van der Waals surface area contributed by atoms with Crippen molar-refractivity contribution in [3.05, 3.63) is 65.2 Å². The molecule has 0 aromatic heterocycles. The van der Waals surface area contributed by atoms with Crippen molar-refractivity contribution >= 4 is 5.97 Å². The second-order valence-corrected chi connectivity index (χ2v) is 11.8. The van der Waals surface area contributed by atoms with Crippen molar-refractivity contribution in [1.29, 1.82) is 0 Å². The summed E-state index contributed by atoms with van der Waals surface area (Å²) in [5.41, 5.74) is 3.82. The highest BCUT2D eigenvalue weighted by molar-refractivity contribution is 5.91. The number of esters is 1. The van der Waals surface area contributed by atoms with Crippen LogP contribution in [0.5, 0.6) is 5.75 Å². The molecule has 2 saturated carbocycles. The molecule has 3 aliphatic rings. The first-order valence-corrected chi connectivity index (χ1v) is 14.6. The van der Waals surface area contributed by atoms with Crippen LogP contribution in [-0.4, -0.2) is 18.7 Å². The first-order chi connectivity index (χ1) is 17.6. The summed E-state index contributed by atoms with van der Waals surface area (Å²) in [6.45, 7) is 5.76. The highest BCUT2D eigenvalue weighted by Crippen LogP contribution is 2.61. The lowest BCUT2D eigenvalue weighted by molar-refractivity contribution is -0.0647. The zero-order valence-electron chi connectivity index (χ0n) is 22.3. The number of carbonyl (C=O) groups is 1. The molecule has 3 heteroatoms. The Kier molecular flexibility index (Phi) is 8.15. The maximum absolute atomic E-state index is 12.5. The van der Waals surface area contributed by atoms with Gasteiger partial charge in [-0.05, 0) is 104 Å². The van der Waals surface area contributed by atoms with E-state index in [1.165, 1.54) is 81.8 Å². The van der Waals surface area contributed by atoms with E-state index in [0.717, 1.165) is 24.9 Å². The number of aryl methyl sites for hydroxylation is 1. The zero-order chi connectivity index (χ0) is 25.0. The van der Waals surface area contributed by atoms with Crippen molar-refractivity contribution in [2.75, 3.05) is 6.61 Å². The van der Waals surface area contributed by atoms with Gasteiger partial charge in [0.1, 0.15) is 5.75 Å². The van der Waals surface area contributed by atoms with Crippen molar-refractivity contribution in [2.45, 2.75) is 103 Å². The van der Waals surface area contributed by atoms with Gasteiger partial charge in [0.15, 0.2) is 0 Å². The summed E-state index contributed by atoms with van der Waals surface area (Å²) >= 11 is 0. The maximum Gasteiger partial charge on any atom is 0.343 e. The quantitative estimate of drug-likeness (QED) is 0.191. The van der Waals surface area contributed by atoms with E-state index >= 15 is 0 Å². The van der Waals surface area contributed by atoms with E-state index in [1.54, 1.807) is 12.1 Å². The molecule has 0 amide bonds. The Balaban J connectivity index is 1.19. The Morgan fingerprint density at radius 2 is 1.75 bits per heavy atom. The van der Waals surface area contributed by atoms with Crippen LogP contribution >= 0.6 is 0 Å². The van der Waals surface area contributed by atoms with Crippen LogP contribution in [0.3, 0.4) is 0 Å². The van der Waals surface area contributed by atoms with E-state index in [9.17, 15) is 4.79 Å². The molecule has 0 radical (unpaired) electrons. The van der Waals surface area contributed by atoms with Crippen LogP contribution in [0.1, 0.15) is 112 Å². The van der Waals surface area contributed by atoms with E-state index in [-0.39, 0.29) is 5.97 Å². The molecular formula is C33H44O3. The van der Waals surface area contributed by atoms with Gasteiger partial charge in [0, 0.05) is 6.61 Å². The van der Waals surface area contributed by atoms with Crippen LogP contribution in [0.15, 0.2) is 48.5 Å². The standard InChI is InChI=1S/C33H44O3/c1-3-4-5-6-7-11-22-35-31-19-18-30-29-16-14-25-23-26(36-32(34)24-12-9-8-10-13-24)15-17-27(25)28(29)20-21-33(30,31)2/h8-10,12-13,15,17,23,28-31H,3-7,11,14,16,18-22H2,1-2H3/t28-,29-,30+,31+,33+/m1/s1. The lowest BCUT2D eigenvalue weighted by atomic mass is 9.55. The molecule has 0 aliphatic heterocycles. The molecular weight excluding hydrogens is 444 g/mol. The van der Waals surface area contributed by atoms with Gasteiger partial charge in [0.05, 0.1) is 11.7 Å². The average molecular weight is 489 g/mol. The van der Waals surface area contributed by atoms with Gasteiger partial charge in [-0.1, -0.05) is 70.2 Å². The van der Waals surface area contributed by atoms with Crippen molar-refractivity contribution in [1.82, 2.24) is 0 Å². The second kappa shape index (κ2) is 11.5. The largest absolute Gasteiger partial charge is 0.423 e. The zero-order valence-corrected chi connectivity index (χ0v) is 22.3. The van der Waals surface area contributed by atoms with Crippen LogP contribution in [0.25, 0.3) is 0 Å². The number of hydrogen-bond donors (Lipinski definition) is 0. The van der Waals surface area contributed by atoms with E-state index < -0.39 is 0 Å². The van der Waals surface area contributed by atoms with Gasteiger partial charge in [-0.25, -0.2) is 4.79 Å². The number of unbranched alkanes of at least 4 members (excludes halogenated alkanes) is 5. The molecule has 2 aromatic carbocycles. The third-order valence-electron chi connectivity index (χ3n) is 9.65. The minimum absolute atomic E-state index is 0.282. The van der Waals surface area contributed by atoms with Crippen LogP contribution in [0.4, 0.5) is 0 Å². The van der Waals surface area contributed by atoms with Gasteiger partial charge in [-0.3, -0.25) is 0 Å². The van der Waals surface area contributed by atoms with Gasteiger partial charge < -0.3 is 9.47 Å². The number of ether oxygens (including phenoxy) is 2. The average Bonchev–Trinajstić information content (AvgIpc) is 3.24. The summed E-state index contributed by atoms with van der Waals surface area (Å²) in [4.78, 5) is 12.5. The van der Waals surface area contributed by atoms with Crippen LogP contribution in [-0.2, 0) is 11.2 Å². The molecule has 194 valence electrons. The van der Waals surface area contributed by atoms with Gasteiger partial charge >= 0.3 is 5.97 Å². The van der Waals surface area contributed by atoms with Gasteiger partial charge in [-0.15, -0.1) is 0 Å². The van der Waals surface area contributed by atoms with Gasteiger partial charge in [0.2, 0.25) is 0 Å². The predicted molar refractivity (Wildman–Crippen MR) is 146 cm³/mol. The minimum Gasteiger partial charge on any atom is -0.423 e. The molecule has 5 rings (SSSR count). The SMILES string of the molecule is CCCCCCCCO[C@H]1CC[C@H]2[C@@H]3CCc4cc(OC(=O)c5ccccc5)ccc4[C@H]3CC[C@]12C. The van der Waals surface area contributed by atoms with Crippen molar-refractivity contribution in [3.63, 3.8) is 0 Å². The molecule has 5 atom stereocenters. The number of fused-ring (bicyclic) bond motifs is 5. The van der Waals surface area contributed by atoms with Crippen LogP contribution in [0, 0.1) is 17.3 Å². The van der Waals surface area contributed by atoms with E-state index in [4.69, 9.17) is 9.47 Å². The fourth-order valence-electron chi connectivity index (χ4n) is 7.70. The lowest BCUT2D eigenvalue weighted by Crippen LogP contribution is -2.44. The molecule has 0 saturated heterocycles. The van der Waals surface area contributed by atoms with Crippen LogP contribution in [0.2, 0.25) is 0 Å². The Hall–Kier alpha value is -2.13. The van der Waals surface area contributed by atoms with E-state index in [2.05, 4.69) is 26.0 Å². The lowest BCUT2D eigenvalue weighted by Gasteiger charge is -2.50. The highest BCUT2D eigenvalue weighted by Gasteiger charge is 2.55. The second-order valence-electron chi connectivity index (χ2n) is 11.8. The monoisotopic (exact) mass is 488 g/mol. The third-order valence-corrected chi connectivity index (χ3v) is 9.65. The molecule has 0 heterocycles. The molecule has 2 aromatic rings. The highest BCUT2D eigenvalue weighted by atomic mass is 16.5. The Morgan fingerprint density at radius 3 is 2.58 bits per heavy atom. The smallest absolute Gasteiger partial charge is 0.343 e. The number of carbonyl (C=O) groups excluding carboxylic acids is 1. The van der Waals surface area contributed by atoms with E-state index in [1.807, 2.05) is 24.3 Å². The van der Waals surface area contributed by atoms with Gasteiger partial charge in [0.25, 0.3) is 0 Å². The van der Waals surface area contributed by atoms with Crippen molar-refractivity contribution < 1.29 is 14.3 Å². The van der Waals surface area contributed by atoms with Crippen LogP contribution < -0.4 is 4.74 Å². The normalized spacial score (nSPS) is 28.7. The summed E-state index contributed by atoms with van der Waals surface area (Å²) in [5.74, 6) is 2.57. The number of hydrogen-bond acceptors (Lipinski definition) is 3. The minimum atomic E-state index is -0.282.